The minimum Gasteiger partial charge on any atom is -0.480 e. The first-order valence-corrected chi connectivity index (χ1v) is 5.10. The summed E-state index contributed by atoms with van der Waals surface area (Å²) < 4.78 is 0. The van der Waals surface area contributed by atoms with Gasteiger partial charge in [0, 0.05) is 5.56 Å². The number of amides is 1. The van der Waals surface area contributed by atoms with E-state index >= 15 is 0 Å². The lowest BCUT2D eigenvalue weighted by atomic mass is 10.0. The molecule has 0 saturated heterocycles. The summed E-state index contributed by atoms with van der Waals surface area (Å²) in [4.78, 5) is 21.7. The van der Waals surface area contributed by atoms with Crippen molar-refractivity contribution in [1.29, 1.82) is 0 Å². The van der Waals surface area contributed by atoms with Gasteiger partial charge in [-0.05, 0) is 23.6 Å². The summed E-state index contributed by atoms with van der Waals surface area (Å²) in [6.07, 6.45) is 0. The predicted molar refractivity (Wildman–Crippen MR) is 60.5 cm³/mol. The zero-order valence-corrected chi connectivity index (χ0v) is 9.36. The van der Waals surface area contributed by atoms with Crippen LogP contribution in [0.3, 0.4) is 0 Å². The van der Waals surface area contributed by atoms with Crippen molar-refractivity contribution in [2.24, 2.45) is 0 Å². The lowest BCUT2D eigenvalue weighted by Gasteiger charge is -2.06. The molecule has 0 aliphatic rings. The Bertz CT molecular complexity index is 382. The Labute approximate surface area is 94.3 Å². The van der Waals surface area contributed by atoms with Crippen LogP contribution in [0.1, 0.15) is 35.7 Å². The van der Waals surface area contributed by atoms with Crippen LogP contribution in [0.25, 0.3) is 0 Å². The zero-order chi connectivity index (χ0) is 12.1. The number of carbonyl (C=O) groups is 2. The van der Waals surface area contributed by atoms with Crippen molar-refractivity contribution in [3.63, 3.8) is 0 Å². The number of benzene rings is 1. The van der Waals surface area contributed by atoms with E-state index in [0.717, 1.165) is 5.56 Å². The van der Waals surface area contributed by atoms with Gasteiger partial charge in [-0.3, -0.25) is 9.59 Å². The summed E-state index contributed by atoms with van der Waals surface area (Å²) in [6.45, 7) is 3.78. The van der Waals surface area contributed by atoms with E-state index in [9.17, 15) is 9.59 Å². The molecule has 1 amide bonds. The molecule has 0 bridgehead atoms. The van der Waals surface area contributed by atoms with Crippen molar-refractivity contribution in [3.05, 3.63) is 35.4 Å². The second kappa shape index (κ2) is 5.30. The number of nitrogens with one attached hydrogen (secondary N) is 1. The van der Waals surface area contributed by atoms with Crippen molar-refractivity contribution >= 4 is 11.9 Å². The Morgan fingerprint density at radius 2 is 1.81 bits per heavy atom. The molecule has 0 aliphatic carbocycles. The van der Waals surface area contributed by atoms with Gasteiger partial charge in [0.15, 0.2) is 0 Å². The average Bonchev–Trinajstić information content (AvgIpc) is 2.26. The molecule has 0 spiro atoms. The van der Waals surface area contributed by atoms with Gasteiger partial charge in [0.1, 0.15) is 6.54 Å². The van der Waals surface area contributed by atoms with Crippen LogP contribution in [0, 0.1) is 0 Å². The molecule has 0 heterocycles. The summed E-state index contributed by atoms with van der Waals surface area (Å²) in [5.41, 5.74) is 1.63. The van der Waals surface area contributed by atoms with Gasteiger partial charge >= 0.3 is 5.97 Å². The molecule has 16 heavy (non-hydrogen) atoms. The Morgan fingerprint density at radius 3 is 2.25 bits per heavy atom. The van der Waals surface area contributed by atoms with Crippen LogP contribution in [0.2, 0.25) is 0 Å². The fourth-order valence-electron chi connectivity index (χ4n) is 1.28. The number of hydrogen-bond acceptors (Lipinski definition) is 2. The molecule has 4 heteroatoms. The summed E-state index contributed by atoms with van der Waals surface area (Å²) in [7, 11) is 0. The number of carboxylic acid groups (broad SMARTS) is 1. The smallest absolute Gasteiger partial charge is 0.322 e. The van der Waals surface area contributed by atoms with Gasteiger partial charge in [-0.15, -0.1) is 0 Å². The molecule has 4 nitrogen and oxygen atoms in total. The molecule has 86 valence electrons. The van der Waals surface area contributed by atoms with Gasteiger partial charge in [0.05, 0.1) is 0 Å². The van der Waals surface area contributed by atoms with Gasteiger partial charge in [0.25, 0.3) is 5.91 Å². The van der Waals surface area contributed by atoms with Crippen molar-refractivity contribution in [2.75, 3.05) is 6.54 Å². The molecule has 0 saturated carbocycles. The summed E-state index contributed by atoms with van der Waals surface area (Å²) in [6, 6.07) is 7.15. The molecule has 0 atom stereocenters. The third kappa shape index (κ3) is 3.38. The van der Waals surface area contributed by atoms with E-state index in [2.05, 4.69) is 19.2 Å². The van der Waals surface area contributed by atoms with Crippen LogP contribution in [0.5, 0.6) is 0 Å². The largest absolute Gasteiger partial charge is 0.480 e. The molecule has 2 N–H and O–H groups in total. The molecule has 0 radical (unpaired) electrons. The summed E-state index contributed by atoms with van der Waals surface area (Å²) in [5, 5.41) is 10.7. The Balaban J connectivity index is 2.66. The number of carboxylic acids is 1. The van der Waals surface area contributed by atoms with Gasteiger partial charge in [-0.25, -0.2) is 0 Å². The maximum Gasteiger partial charge on any atom is 0.322 e. The first kappa shape index (κ1) is 12.2. The number of rotatable bonds is 4. The lowest BCUT2D eigenvalue weighted by Crippen LogP contribution is -2.29. The molecule has 0 unspecified atom stereocenters. The van der Waals surface area contributed by atoms with E-state index in [1.54, 1.807) is 12.1 Å². The zero-order valence-electron chi connectivity index (χ0n) is 9.36. The van der Waals surface area contributed by atoms with Crippen molar-refractivity contribution in [1.82, 2.24) is 5.32 Å². The van der Waals surface area contributed by atoms with E-state index in [1.807, 2.05) is 12.1 Å². The highest BCUT2D eigenvalue weighted by Crippen LogP contribution is 2.14. The van der Waals surface area contributed by atoms with Crippen molar-refractivity contribution in [2.45, 2.75) is 19.8 Å². The number of aliphatic carboxylic acids is 1. The third-order valence-electron chi connectivity index (χ3n) is 2.24. The highest BCUT2D eigenvalue weighted by Gasteiger charge is 2.07. The van der Waals surface area contributed by atoms with Gasteiger partial charge < -0.3 is 10.4 Å². The maximum absolute atomic E-state index is 11.5. The average molecular weight is 221 g/mol. The van der Waals surface area contributed by atoms with Crippen molar-refractivity contribution < 1.29 is 14.7 Å². The predicted octanol–water partition coefficient (Wildman–Crippen LogP) is 1.62. The Hall–Kier alpha value is -1.84. The molecule has 1 aromatic carbocycles. The minimum absolute atomic E-state index is 0.356. The van der Waals surface area contributed by atoms with E-state index in [4.69, 9.17) is 5.11 Å². The molecule has 0 fully saturated rings. The van der Waals surface area contributed by atoms with E-state index in [-0.39, 0.29) is 12.5 Å². The maximum atomic E-state index is 11.5. The lowest BCUT2D eigenvalue weighted by molar-refractivity contribution is -0.135. The fraction of sp³-hybridized carbons (Fsp3) is 0.333. The molecular weight excluding hydrogens is 206 g/mol. The number of carbonyl (C=O) groups excluding carboxylic acids is 1. The van der Waals surface area contributed by atoms with E-state index in [1.165, 1.54) is 0 Å². The van der Waals surface area contributed by atoms with Crippen LogP contribution in [-0.2, 0) is 4.79 Å². The first-order valence-electron chi connectivity index (χ1n) is 5.10. The quantitative estimate of drug-likeness (QED) is 0.812. The molecule has 1 rings (SSSR count). The first-order chi connectivity index (χ1) is 7.50. The minimum atomic E-state index is -1.05. The molecular formula is C12H15NO3. The molecule has 1 aromatic rings. The van der Waals surface area contributed by atoms with Crippen LogP contribution >= 0.6 is 0 Å². The topological polar surface area (TPSA) is 66.4 Å². The third-order valence-corrected chi connectivity index (χ3v) is 2.24. The van der Waals surface area contributed by atoms with Gasteiger partial charge in [-0.1, -0.05) is 26.0 Å². The van der Waals surface area contributed by atoms with Crippen LogP contribution in [0.4, 0.5) is 0 Å². The molecule has 0 aliphatic heterocycles. The van der Waals surface area contributed by atoms with Crippen LogP contribution in [0.15, 0.2) is 24.3 Å². The van der Waals surface area contributed by atoms with Gasteiger partial charge in [-0.2, -0.15) is 0 Å². The fourth-order valence-corrected chi connectivity index (χ4v) is 1.28. The monoisotopic (exact) mass is 221 g/mol. The number of hydrogen-bond donors (Lipinski definition) is 2. The van der Waals surface area contributed by atoms with E-state index in [0.29, 0.717) is 11.5 Å². The highest BCUT2D eigenvalue weighted by atomic mass is 16.4. The Kier molecular flexibility index (Phi) is 4.05. The van der Waals surface area contributed by atoms with Crippen LogP contribution < -0.4 is 5.32 Å². The van der Waals surface area contributed by atoms with E-state index < -0.39 is 5.97 Å². The second-order valence-electron chi connectivity index (χ2n) is 3.85. The summed E-state index contributed by atoms with van der Waals surface area (Å²) >= 11 is 0. The van der Waals surface area contributed by atoms with Crippen molar-refractivity contribution in [3.8, 4) is 0 Å². The molecule has 0 aromatic heterocycles. The van der Waals surface area contributed by atoms with Gasteiger partial charge in [0.2, 0.25) is 0 Å². The SMILES string of the molecule is CC(C)c1ccc(C(=O)NCC(=O)O)cc1. The normalized spacial score (nSPS) is 10.2. The highest BCUT2D eigenvalue weighted by molar-refractivity contribution is 5.95. The standard InChI is InChI=1S/C12H15NO3/c1-8(2)9-3-5-10(6-4-9)12(16)13-7-11(14)15/h3-6,8H,7H2,1-2H3,(H,13,16)(H,14,15). The van der Waals surface area contributed by atoms with Crippen LogP contribution in [-0.4, -0.2) is 23.5 Å². The Morgan fingerprint density at radius 1 is 1.25 bits per heavy atom. The summed E-state index contributed by atoms with van der Waals surface area (Å²) in [5.74, 6) is -0.999. The second-order valence-corrected chi connectivity index (χ2v) is 3.85.